The van der Waals surface area contributed by atoms with Gasteiger partial charge in [0, 0.05) is 37.4 Å². The van der Waals surface area contributed by atoms with Crippen molar-refractivity contribution < 1.29 is 43.2 Å². The van der Waals surface area contributed by atoms with Crippen LogP contribution >= 0.6 is 0 Å². The summed E-state index contributed by atoms with van der Waals surface area (Å²) in [6.45, 7) is 7.51. The number of aliphatic hydroxyl groups excluding tert-OH is 3. The number of rotatable bonds is 6. The van der Waals surface area contributed by atoms with Gasteiger partial charge >= 0.3 is 6.09 Å². The standard InChI is InChI=1S/C29H39F2N5O7/c1-15-5-6-18(24(31)23(15)30)20-13-36(34-32-20)25-26(38)21(41-22(14-37)27(25)39)12-17-11-19(33-43-17)16-7-9-35(10-8-16)28(40)42-29(2,3)4/h5-6,13,16-17,21-22,25-27,37-39H,7-12,14H2,1-4H3/t17-,21-,22-,25-,26+,27+/m1/s1. The molecule has 1 aromatic carbocycles. The summed E-state index contributed by atoms with van der Waals surface area (Å²) in [4.78, 5) is 19.8. The Morgan fingerprint density at radius 1 is 1.12 bits per heavy atom. The Hall–Kier alpha value is -3.20. The van der Waals surface area contributed by atoms with Crippen molar-refractivity contribution in [2.45, 2.75) is 95.5 Å². The van der Waals surface area contributed by atoms with Crippen molar-refractivity contribution in [1.29, 1.82) is 0 Å². The lowest BCUT2D eigenvalue weighted by molar-refractivity contribution is -0.212. The van der Waals surface area contributed by atoms with Gasteiger partial charge in [0.2, 0.25) is 0 Å². The van der Waals surface area contributed by atoms with Crippen LogP contribution in [-0.2, 0) is 14.3 Å². The molecule has 0 bridgehead atoms. The number of oxime groups is 1. The van der Waals surface area contributed by atoms with Gasteiger partial charge in [-0.05, 0) is 52.2 Å². The van der Waals surface area contributed by atoms with E-state index >= 15 is 0 Å². The quantitative estimate of drug-likeness (QED) is 0.450. The SMILES string of the molecule is Cc1ccc(-c2cn([C@H]3[C@@H](O)[C@@H](CO)O[C@H](C[C@H]4CC(C5CCN(C(=O)OC(C)(C)C)CC5)=NO4)[C@@H]3O)nn2)c(F)c1F. The summed E-state index contributed by atoms with van der Waals surface area (Å²) in [5.41, 5.74) is 0.373. The zero-order valence-electron chi connectivity index (χ0n) is 24.7. The number of halogens is 2. The Kier molecular flexibility index (Phi) is 9.02. The van der Waals surface area contributed by atoms with E-state index in [9.17, 15) is 28.9 Å². The number of hydrogen-bond donors (Lipinski definition) is 3. The van der Waals surface area contributed by atoms with Gasteiger partial charge in [0.15, 0.2) is 11.6 Å². The molecule has 1 aromatic heterocycles. The summed E-state index contributed by atoms with van der Waals surface area (Å²) in [7, 11) is 0. The van der Waals surface area contributed by atoms with Gasteiger partial charge in [0.25, 0.3) is 0 Å². The second-order valence-electron chi connectivity index (χ2n) is 12.5. The Balaban J connectivity index is 1.22. The van der Waals surface area contributed by atoms with E-state index < -0.39 is 60.4 Å². The first-order valence-electron chi connectivity index (χ1n) is 14.6. The van der Waals surface area contributed by atoms with Crippen molar-refractivity contribution in [2.24, 2.45) is 11.1 Å². The summed E-state index contributed by atoms with van der Waals surface area (Å²) in [6, 6.07) is 1.72. The van der Waals surface area contributed by atoms with E-state index in [1.807, 2.05) is 20.8 Å². The average Bonchev–Trinajstić information content (AvgIpc) is 3.63. The van der Waals surface area contributed by atoms with Gasteiger partial charge < -0.3 is 34.5 Å². The predicted molar refractivity (Wildman–Crippen MR) is 149 cm³/mol. The van der Waals surface area contributed by atoms with Gasteiger partial charge in [-0.15, -0.1) is 5.10 Å². The molecule has 0 radical (unpaired) electrons. The van der Waals surface area contributed by atoms with Crippen LogP contribution in [0.4, 0.5) is 13.6 Å². The molecule has 43 heavy (non-hydrogen) atoms. The highest BCUT2D eigenvalue weighted by Crippen LogP contribution is 2.35. The zero-order valence-corrected chi connectivity index (χ0v) is 24.7. The summed E-state index contributed by atoms with van der Waals surface area (Å²) in [5.74, 6) is -1.93. The predicted octanol–water partition coefficient (Wildman–Crippen LogP) is 2.74. The van der Waals surface area contributed by atoms with Crippen molar-refractivity contribution in [3.8, 4) is 11.3 Å². The van der Waals surface area contributed by atoms with Crippen molar-refractivity contribution in [3.63, 3.8) is 0 Å². The number of aryl methyl sites for hydroxylation is 1. The number of carbonyl (C=O) groups is 1. The number of carbonyl (C=O) groups excluding carboxylic acids is 1. The molecule has 2 saturated heterocycles. The number of benzene rings is 1. The second kappa shape index (κ2) is 12.4. The highest BCUT2D eigenvalue weighted by molar-refractivity contribution is 5.88. The molecule has 0 spiro atoms. The number of piperidine rings is 1. The summed E-state index contributed by atoms with van der Waals surface area (Å²) in [5, 5.41) is 44.3. The van der Waals surface area contributed by atoms with Crippen LogP contribution in [0.25, 0.3) is 11.3 Å². The Morgan fingerprint density at radius 3 is 2.49 bits per heavy atom. The molecule has 6 atom stereocenters. The Bertz CT molecular complexity index is 1340. The third kappa shape index (κ3) is 6.66. The zero-order chi connectivity index (χ0) is 31.1. The third-order valence-corrected chi connectivity index (χ3v) is 8.23. The lowest BCUT2D eigenvalue weighted by Crippen LogP contribution is -2.56. The monoisotopic (exact) mass is 607 g/mol. The first-order chi connectivity index (χ1) is 20.4. The fraction of sp³-hybridized carbons (Fsp3) is 0.655. The summed E-state index contributed by atoms with van der Waals surface area (Å²) in [6.07, 6.45) is -1.83. The van der Waals surface area contributed by atoms with E-state index in [0.29, 0.717) is 19.5 Å². The van der Waals surface area contributed by atoms with Gasteiger partial charge in [-0.2, -0.15) is 0 Å². The molecule has 0 aliphatic carbocycles. The molecule has 12 nitrogen and oxygen atoms in total. The highest BCUT2D eigenvalue weighted by atomic mass is 19.2. The maximum atomic E-state index is 14.6. The topological polar surface area (TPSA) is 152 Å². The molecule has 2 aromatic rings. The largest absolute Gasteiger partial charge is 0.444 e. The molecule has 0 unspecified atom stereocenters. The van der Waals surface area contributed by atoms with Gasteiger partial charge in [-0.3, -0.25) is 0 Å². The van der Waals surface area contributed by atoms with Gasteiger partial charge in [-0.1, -0.05) is 16.4 Å². The molecule has 236 valence electrons. The van der Waals surface area contributed by atoms with Crippen LogP contribution in [0.15, 0.2) is 23.5 Å². The summed E-state index contributed by atoms with van der Waals surface area (Å²) < 4.78 is 41.3. The van der Waals surface area contributed by atoms with Crippen molar-refractivity contribution in [1.82, 2.24) is 19.9 Å². The van der Waals surface area contributed by atoms with Crippen LogP contribution < -0.4 is 0 Å². The molecule has 4 heterocycles. The minimum Gasteiger partial charge on any atom is -0.444 e. The van der Waals surface area contributed by atoms with E-state index in [-0.39, 0.29) is 35.3 Å². The van der Waals surface area contributed by atoms with Crippen LogP contribution in [0.3, 0.4) is 0 Å². The number of hydrogen-bond acceptors (Lipinski definition) is 10. The lowest BCUT2D eigenvalue weighted by atomic mass is 9.86. The van der Waals surface area contributed by atoms with Crippen LogP contribution in [-0.4, -0.2) is 103 Å². The maximum Gasteiger partial charge on any atom is 0.410 e. The molecule has 2 fully saturated rings. The molecular formula is C29H39F2N5O7. The number of aromatic nitrogens is 3. The first-order valence-corrected chi connectivity index (χ1v) is 14.6. The van der Waals surface area contributed by atoms with E-state index in [2.05, 4.69) is 15.5 Å². The minimum absolute atomic E-state index is 0.0225. The smallest absolute Gasteiger partial charge is 0.410 e. The second-order valence-corrected chi connectivity index (χ2v) is 12.5. The van der Waals surface area contributed by atoms with Crippen LogP contribution in [0.5, 0.6) is 0 Å². The number of aliphatic hydroxyl groups is 3. The first kappa shape index (κ1) is 31.2. The number of nitrogens with zero attached hydrogens (tertiary/aromatic N) is 5. The molecule has 1 amide bonds. The van der Waals surface area contributed by atoms with Gasteiger partial charge in [-0.25, -0.2) is 18.3 Å². The Labute approximate surface area is 248 Å². The van der Waals surface area contributed by atoms with Crippen LogP contribution in [0.1, 0.15) is 58.1 Å². The Morgan fingerprint density at radius 2 is 1.81 bits per heavy atom. The van der Waals surface area contributed by atoms with Gasteiger partial charge in [0.05, 0.1) is 24.6 Å². The van der Waals surface area contributed by atoms with E-state index in [4.69, 9.17) is 14.3 Å². The molecular weight excluding hydrogens is 568 g/mol. The number of amides is 1. The normalized spacial score (nSPS) is 28.5. The minimum atomic E-state index is -1.36. The molecule has 14 heteroatoms. The number of ether oxygens (including phenoxy) is 2. The lowest BCUT2D eigenvalue weighted by Gasteiger charge is -2.42. The van der Waals surface area contributed by atoms with Crippen LogP contribution in [0, 0.1) is 24.5 Å². The molecule has 3 aliphatic heterocycles. The molecule has 3 aliphatic rings. The average molecular weight is 608 g/mol. The van der Waals surface area contributed by atoms with Gasteiger partial charge in [0.1, 0.15) is 41.8 Å². The highest BCUT2D eigenvalue weighted by Gasteiger charge is 2.47. The van der Waals surface area contributed by atoms with Crippen molar-refractivity contribution >= 4 is 11.8 Å². The van der Waals surface area contributed by atoms with E-state index in [1.54, 1.807) is 4.90 Å². The van der Waals surface area contributed by atoms with E-state index in [1.165, 1.54) is 29.9 Å². The maximum absolute atomic E-state index is 14.6. The molecule has 3 N–H and O–H groups in total. The molecule has 0 saturated carbocycles. The fourth-order valence-electron chi connectivity index (χ4n) is 5.87. The fourth-order valence-corrected chi connectivity index (χ4v) is 5.87. The van der Waals surface area contributed by atoms with E-state index in [0.717, 1.165) is 18.6 Å². The summed E-state index contributed by atoms with van der Waals surface area (Å²) >= 11 is 0. The van der Waals surface area contributed by atoms with Crippen molar-refractivity contribution in [2.75, 3.05) is 19.7 Å². The molecule has 5 rings (SSSR count). The van der Waals surface area contributed by atoms with Crippen molar-refractivity contribution in [3.05, 3.63) is 35.5 Å². The third-order valence-electron chi connectivity index (χ3n) is 8.23. The van der Waals surface area contributed by atoms with Crippen LogP contribution in [0.2, 0.25) is 0 Å². The number of likely N-dealkylation sites (tertiary alicyclic amines) is 1.